The fraction of sp³-hybridized carbons (Fsp3) is 0.269. The number of nitrogens with zero attached hydrogens (tertiary/aromatic N) is 3. The molecular formula is C26H28N4O2. The highest BCUT2D eigenvalue weighted by molar-refractivity contribution is 5.95. The number of nitrogens with one attached hydrogen (secondary N) is 1. The van der Waals surface area contributed by atoms with Crippen molar-refractivity contribution in [3.63, 3.8) is 0 Å². The second-order valence-electron chi connectivity index (χ2n) is 7.99. The minimum Gasteiger partial charge on any atom is -0.335 e. The van der Waals surface area contributed by atoms with Crippen molar-refractivity contribution in [2.75, 3.05) is 5.32 Å². The molecule has 2 aromatic heterocycles. The molecule has 0 radical (unpaired) electrons. The number of hydrogen-bond donors (Lipinski definition) is 1. The van der Waals surface area contributed by atoms with Crippen LogP contribution in [0.15, 0.2) is 65.6 Å². The zero-order valence-electron chi connectivity index (χ0n) is 18.9. The van der Waals surface area contributed by atoms with Crippen LogP contribution in [0, 0.1) is 13.8 Å². The molecule has 0 aliphatic rings. The molecule has 1 unspecified atom stereocenters. The lowest BCUT2D eigenvalue weighted by molar-refractivity contribution is -0.119. The van der Waals surface area contributed by atoms with E-state index in [1.807, 2.05) is 79.9 Å². The Morgan fingerprint density at radius 2 is 1.69 bits per heavy atom. The SMILES string of the molecule is CCc1ccc(NC(=O)C(CC)n2c(C)c3cnn(-c4ccccc4)c(=O)c3c2C)cc1. The summed E-state index contributed by atoms with van der Waals surface area (Å²) >= 11 is 0. The van der Waals surface area contributed by atoms with Gasteiger partial charge in [0.1, 0.15) is 6.04 Å². The molecule has 0 saturated carbocycles. The van der Waals surface area contributed by atoms with Crippen molar-refractivity contribution in [3.05, 3.63) is 88.1 Å². The largest absolute Gasteiger partial charge is 0.335 e. The van der Waals surface area contributed by atoms with Crippen molar-refractivity contribution in [2.45, 2.75) is 46.6 Å². The Kier molecular flexibility index (Phi) is 5.95. The number of carbonyl (C=O) groups excluding carboxylic acids is 1. The number of aromatic nitrogens is 3. The summed E-state index contributed by atoms with van der Waals surface area (Å²) in [6, 6.07) is 16.8. The molecule has 0 bridgehead atoms. The number of fused-ring (bicyclic) bond motifs is 1. The number of amides is 1. The van der Waals surface area contributed by atoms with Gasteiger partial charge in [-0.05, 0) is 56.5 Å². The second kappa shape index (κ2) is 8.83. The van der Waals surface area contributed by atoms with E-state index in [1.165, 1.54) is 10.2 Å². The van der Waals surface area contributed by atoms with Gasteiger partial charge < -0.3 is 9.88 Å². The molecule has 32 heavy (non-hydrogen) atoms. The lowest BCUT2D eigenvalue weighted by Crippen LogP contribution is -2.27. The monoisotopic (exact) mass is 428 g/mol. The van der Waals surface area contributed by atoms with E-state index in [0.29, 0.717) is 17.5 Å². The summed E-state index contributed by atoms with van der Waals surface area (Å²) < 4.78 is 3.38. The third-order valence-corrected chi connectivity index (χ3v) is 6.08. The molecule has 0 spiro atoms. The maximum Gasteiger partial charge on any atom is 0.281 e. The fourth-order valence-electron chi connectivity index (χ4n) is 4.33. The van der Waals surface area contributed by atoms with Crippen LogP contribution in [-0.4, -0.2) is 20.3 Å². The van der Waals surface area contributed by atoms with Crippen LogP contribution in [0.4, 0.5) is 5.69 Å². The molecule has 0 saturated heterocycles. The minimum absolute atomic E-state index is 0.0976. The van der Waals surface area contributed by atoms with E-state index < -0.39 is 6.04 Å². The Morgan fingerprint density at radius 1 is 1.00 bits per heavy atom. The van der Waals surface area contributed by atoms with Crippen LogP contribution in [-0.2, 0) is 11.2 Å². The third kappa shape index (κ3) is 3.73. The van der Waals surface area contributed by atoms with E-state index in [1.54, 1.807) is 6.20 Å². The van der Waals surface area contributed by atoms with Crippen molar-refractivity contribution < 1.29 is 4.79 Å². The van der Waals surface area contributed by atoms with Crippen LogP contribution in [0.1, 0.15) is 43.3 Å². The second-order valence-corrected chi connectivity index (χ2v) is 7.99. The number of hydrogen-bond acceptors (Lipinski definition) is 3. The zero-order valence-corrected chi connectivity index (χ0v) is 18.9. The van der Waals surface area contributed by atoms with Crippen LogP contribution in [0.3, 0.4) is 0 Å². The Morgan fingerprint density at radius 3 is 2.31 bits per heavy atom. The van der Waals surface area contributed by atoms with Crippen LogP contribution in [0.25, 0.3) is 16.5 Å². The van der Waals surface area contributed by atoms with Crippen molar-refractivity contribution >= 4 is 22.4 Å². The predicted octanol–water partition coefficient (Wildman–Crippen LogP) is 4.96. The molecular weight excluding hydrogens is 400 g/mol. The van der Waals surface area contributed by atoms with Crippen LogP contribution in [0.5, 0.6) is 0 Å². The maximum atomic E-state index is 13.3. The van der Waals surface area contributed by atoms with Gasteiger partial charge in [0.2, 0.25) is 5.91 Å². The van der Waals surface area contributed by atoms with E-state index in [0.717, 1.165) is 28.9 Å². The first-order chi connectivity index (χ1) is 15.5. The Hall–Kier alpha value is -3.67. The average molecular weight is 429 g/mol. The summed E-state index contributed by atoms with van der Waals surface area (Å²) in [6.45, 7) is 7.92. The molecule has 4 aromatic rings. The van der Waals surface area contributed by atoms with E-state index in [2.05, 4.69) is 17.3 Å². The fourth-order valence-corrected chi connectivity index (χ4v) is 4.33. The number of carbonyl (C=O) groups is 1. The van der Waals surface area contributed by atoms with Gasteiger partial charge in [0.05, 0.1) is 17.3 Å². The highest BCUT2D eigenvalue weighted by Crippen LogP contribution is 2.28. The summed E-state index contributed by atoms with van der Waals surface area (Å²) in [5.74, 6) is -0.0976. The quantitative estimate of drug-likeness (QED) is 0.472. The molecule has 4 rings (SSSR count). The van der Waals surface area contributed by atoms with E-state index in [4.69, 9.17) is 0 Å². The summed E-state index contributed by atoms with van der Waals surface area (Å²) in [5.41, 5.74) is 4.16. The number of anilines is 1. The van der Waals surface area contributed by atoms with Gasteiger partial charge in [-0.2, -0.15) is 9.78 Å². The molecule has 164 valence electrons. The molecule has 0 fully saturated rings. The zero-order chi connectivity index (χ0) is 22.8. The molecule has 6 nitrogen and oxygen atoms in total. The predicted molar refractivity (Wildman–Crippen MR) is 129 cm³/mol. The first-order valence-electron chi connectivity index (χ1n) is 11.0. The van der Waals surface area contributed by atoms with Gasteiger partial charge in [-0.1, -0.05) is 44.2 Å². The van der Waals surface area contributed by atoms with Crippen molar-refractivity contribution in [1.82, 2.24) is 14.3 Å². The molecule has 0 aliphatic carbocycles. The van der Waals surface area contributed by atoms with Crippen molar-refractivity contribution in [1.29, 1.82) is 0 Å². The van der Waals surface area contributed by atoms with Crippen LogP contribution >= 0.6 is 0 Å². The first-order valence-corrected chi connectivity index (χ1v) is 11.0. The van der Waals surface area contributed by atoms with Gasteiger partial charge in [-0.15, -0.1) is 0 Å². The Labute approximate surface area is 187 Å². The van der Waals surface area contributed by atoms with Gasteiger partial charge in [-0.3, -0.25) is 9.59 Å². The van der Waals surface area contributed by atoms with Gasteiger partial charge in [-0.25, -0.2) is 0 Å². The molecule has 6 heteroatoms. The topological polar surface area (TPSA) is 68.9 Å². The van der Waals surface area contributed by atoms with Crippen molar-refractivity contribution in [2.24, 2.45) is 0 Å². The molecule has 2 aromatic carbocycles. The van der Waals surface area contributed by atoms with E-state index >= 15 is 0 Å². The summed E-state index contributed by atoms with van der Waals surface area (Å²) in [7, 11) is 0. The van der Waals surface area contributed by atoms with Crippen LogP contribution in [0.2, 0.25) is 0 Å². The maximum absolute atomic E-state index is 13.3. The van der Waals surface area contributed by atoms with E-state index in [-0.39, 0.29) is 11.5 Å². The third-order valence-electron chi connectivity index (χ3n) is 6.08. The number of rotatable bonds is 6. The normalized spacial score (nSPS) is 12.1. The summed E-state index contributed by atoms with van der Waals surface area (Å²) in [5, 5.41) is 8.80. The number of benzene rings is 2. The molecule has 1 N–H and O–H groups in total. The highest BCUT2D eigenvalue weighted by atomic mass is 16.2. The lowest BCUT2D eigenvalue weighted by Gasteiger charge is -2.21. The molecule has 2 heterocycles. The first kappa shape index (κ1) is 21.6. The average Bonchev–Trinajstić information content (AvgIpc) is 3.06. The van der Waals surface area contributed by atoms with Crippen molar-refractivity contribution in [3.8, 4) is 5.69 Å². The van der Waals surface area contributed by atoms with Gasteiger partial charge in [0.15, 0.2) is 0 Å². The summed E-state index contributed by atoms with van der Waals surface area (Å²) in [6.07, 6.45) is 3.27. The van der Waals surface area contributed by atoms with Crippen LogP contribution < -0.4 is 10.9 Å². The van der Waals surface area contributed by atoms with Gasteiger partial charge in [0, 0.05) is 22.5 Å². The summed E-state index contributed by atoms with van der Waals surface area (Å²) in [4.78, 5) is 26.6. The molecule has 1 amide bonds. The Balaban J connectivity index is 1.75. The highest BCUT2D eigenvalue weighted by Gasteiger charge is 2.25. The van der Waals surface area contributed by atoms with E-state index in [9.17, 15) is 9.59 Å². The Bertz CT molecular complexity index is 1320. The molecule has 0 aliphatic heterocycles. The van der Waals surface area contributed by atoms with Gasteiger partial charge >= 0.3 is 0 Å². The number of para-hydroxylation sites is 1. The standard InChI is InChI=1S/C26H28N4O2/c1-5-19-12-14-20(15-13-19)28-25(31)23(6-2)29-17(3)22-16-27-30(21-10-8-7-9-11-21)26(32)24(22)18(29)4/h7-16,23H,5-6H2,1-4H3,(H,28,31). The lowest BCUT2D eigenvalue weighted by atomic mass is 10.1. The smallest absolute Gasteiger partial charge is 0.281 e. The van der Waals surface area contributed by atoms with Gasteiger partial charge in [0.25, 0.3) is 5.56 Å². The number of aryl methyl sites for hydroxylation is 3. The minimum atomic E-state index is -0.433. The molecule has 1 atom stereocenters.